The molecule has 0 bridgehead atoms. The molecule has 1 aromatic heterocycles. The number of aromatic nitrogens is 1. The minimum absolute atomic E-state index is 0.749. The highest BCUT2D eigenvalue weighted by molar-refractivity contribution is 5.28. The van der Waals surface area contributed by atoms with Crippen LogP contribution in [0.4, 0.5) is 0 Å². The van der Waals surface area contributed by atoms with Gasteiger partial charge in [-0.2, -0.15) is 0 Å². The van der Waals surface area contributed by atoms with Crippen LogP contribution in [0.3, 0.4) is 0 Å². The molecule has 3 heteroatoms. The molecular formula is C20H31N3. The van der Waals surface area contributed by atoms with Crippen molar-refractivity contribution in [1.29, 1.82) is 0 Å². The number of pyridine rings is 1. The zero-order valence-corrected chi connectivity index (χ0v) is 15.1. The minimum Gasteiger partial charge on any atom is -0.384 e. The summed E-state index contributed by atoms with van der Waals surface area (Å²) >= 11 is 0. The molecule has 1 aromatic rings. The number of hydrogen-bond acceptors (Lipinski definition) is 3. The first-order chi connectivity index (χ1) is 11.1. The zero-order valence-electron chi connectivity index (χ0n) is 15.1. The summed E-state index contributed by atoms with van der Waals surface area (Å²) in [7, 11) is 0. The molecule has 0 spiro atoms. The molecule has 3 nitrogen and oxygen atoms in total. The van der Waals surface area contributed by atoms with Crippen LogP contribution in [0.25, 0.3) is 0 Å². The van der Waals surface area contributed by atoms with E-state index in [0.29, 0.717) is 0 Å². The Morgan fingerprint density at radius 2 is 2.00 bits per heavy atom. The second-order valence-electron chi connectivity index (χ2n) is 6.56. The summed E-state index contributed by atoms with van der Waals surface area (Å²) in [5.74, 6) is 0.749. The molecule has 0 amide bonds. The minimum atomic E-state index is 0.749. The zero-order chi connectivity index (χ0) is 16.7. The molecule has 2 heterocycles. The van der Waals surface area contributed by atoms with Crippen LogP contribution in [0.15, 0.2) is 41.8 Å². The van der Waals surface area contributed by atoms with Crippen molar-refractivity contribution >= 4 is 0 Å². The molecule has 2 rings (SSSR count). The number of rotatable bonds is 8. The van der Waals surface area contributed by atoms with E-state index in [9.17, 15) is 0 Å². The first kappa shape index (κ1) is 17.7. The lowest BCUT2D eigenvalue weighted by Crippen LogP contribution is -2.35. The van der Waals surface area contributed by atoms with Crippen molar-refractivity contribution in [2.75, 3.05) is 19.6 Å². The van der Waals surface area contributed by atoms with Crippen LogP contribution in [-0.4, -0.2) is 29.5 Å². The van der Waals surface area contributed by atoms with Gasteiger partial charge in [-0.05, 0) is 37.0 Å². The third-order valence-corrected chi connectivity index (χ3v) is 4.82. The van der Waals surface area contributed by atoms with Gasteiger partial charge in [-0.15, -0.1) is 0 Å². The van der Waals surface area contributed by atoms with Crippen molar-refractivity contribution in [1.82, 2.24) is 15.2 Å². The predicted molar refractivity (Wildman–Crippen MR) is 98.2 cm³/mol. The maximum Gasteiger partial charge on any atom is 0.0573 e. The fraction of sp³-hybridized carbons (Fsp3) is 0.550. The van der Waals surface area contributed by atoms with Crippen LogP contribution >= 0.6 is 0 Å². The van der Waals surface area contributed by atoms with Gasteiger partial charge in [0.15, 0.2) is 0 Å². The van der Waals surface area contributed by atoms with Crippen molar-refractivity contribution in [3.63, 3.8) is 0 Å². The van der Waals surface area contributed by atoms with Gasteiger partial charge in [-0.25, -0.2) is 0 Å². The maximum absolute atomic E-state index is 4.60. The van der Waals surface area contributed by atoms with Gasteiger partial charge in [0.05, 0.1) is 5.69 Å². The number of nitrogens with zero attached hydrogens (tertiary/aromatic N) is 2. The fourth-order valence-electron chi connectivity index (χ4n) is 3.05. The van der Waals surface area contributed by atoms with E-state index in [1.807, 2.05) is 12.3 Å². The Balaban J connectivity index is 2.14. The summed E-state index contributed by atoms with van der Waals surface area (Å²) in [6.07, 6.45) is 8.79. The lowest BCUT2D eigenvalue weighted by molar-refractivity contribution is 0.226. The summed E-state index contributed by atoms with van der Waals surface area (Å²) in [6, 6.07) is 4.17. The monoisotopic (exact) mass is 313 g/mol. The Morgan fingerprint density at radius 3 is 2.65 bits per heavy atom. The molecule has 23 heavy (non-hydrogen) atoms. The normalized spacial score (nSPS) is 14.7. The van der Waals surface area contributed by atoms with E-state index < -0.39 is 0 Å². The smallest absolute Gasteiger partial charge is 0.0573 e. The van der Waals surface area contributed by atoms with Gasteiger partial charge in [-0.3, -0.25) is 9.88 Å². The van der Waals surface area contributed by atoms with E-state index in [2.05, 4.69) is 61.1 Å². The molecule has 0 aromatic carbocycles. The summed E-state index contributed by atoms with van der Waals surface area (Å²) in [5, 5.41) is 3.54. The first-order valence-corrected chi connectivity index (χ1v) is 8.87. The van der Waals surface area contributed by atoms with Gasteiger partial charge >= 0.3 is 0 Å². The quantitative estimate of drug-likeness (QED) is 0.784. The summed E-state index contributed by atoms with van der Waals surface area (Å²) in [4.78, 5) is 7.15. The van der Waals surface area contributed by atoms with E-state index >= 15 is 0 Å². The van der Waals surface area contributed by atoms with Crippen molar-refractivity contribution in [2.45, 2.75) is 47.1 Å². The van der Waals surface area contributed by atoms with Gasteiger partial charge in [0.1, 0.15) is 0 Å². The van der Waals surface area contributed by atoms with E-state index in [1.165, 1.54) is 35.4 Å². The molecule has 0 saturated heterocycles. The Labute approximate surface area is 141 Å². The van der Waals surface area contributed by atoms with Crippen molar-refractivity contribution in [3.05, 3.63) is 53.0 Å². The van der Waals surface area contributed by atoms with E-state index in [1.54, 1.807) is 0 Å². The number of nitrogens with one attached hydrogen (secondary N) is 1. The molecule has 0 unspecified atom stereocenters. The van der Waals surface area contributed by atoms with Crippen LogP contribution in [0.2, 0.25) is 0 Å². The molecule has 0 aliphatic carbocycles. The van der Waals surface area contributed by atoms with Crippen LogP contribution in [0.1, 0.15) is 44.9 Å². The standard InChI is InChI=1S/C20H31N3/c1-5-18(6-2)13-23(14-19-16(3)9-7-11-21-19)15-20-17(4)10-8-12-22-20/h7-11,18,22H,5-6,12-15H2,1-4H3. The van der Waals surface area contributed by atoms with E-state index in [0.717, 1.165) is 32.1 Å². The Morgan fingerprint density at radius 1 is 1.22 bits per heavy atom. The largest absolute Gasteiger partial charge is 0.384 e. The molecule has 1 aliphatic rings. The van der Waals surface area contributed by atoms with Crippen molar-refractivity contribution < 1.29 is 0 Å². The SMILES string of the molecule is CCC(CC)CN(CC1=C(C)C=CCN1)Cc1ncccc1C. The van der Waals surface area contributed by atoms with Gasteiger partial charge in [0.25, 0.3) is 0 Å². The van der Waals surface area contributed by atoms with Crippen molar-refractivity contribution in [3.8, 4) is 0 Å². The predicted octanol–water partition coefficient (Wildman–Crippen LogP) is 4.06. The lowest BCUT2D eigenvalue weighted by atomic mass is 10.0. The van der Waals surface area contributed by atoms with Gasteiger partial charge in [0.2, 0.25) is 0 Å². The molecule has 1 N–H and O–H groups in total. The molecule has 0 saturated carbocycles. The molecule has 0 radical (unpaired) electrons. The maximum atomic E-state index is 4.60. The Kier molecular flexibility index (Phi) is 6.85. The number of allylic oxidation sites excluding steroid dienone is 2. The molecular weight excluding hydrogens is 282 g/mol. The number of hydrogen-bond donors (Lipinski definition) is 1. The molecule has 0 atom stereocenters. The van der Waals surface area contributed by atoms with Crippen LogP contribution < -0.4 is 5.32 Å². The number of aryl methyl sites for hydroxylation is 1. The van der Waals surface area contributed by atoms with Gasteiger partial charge in [0, 0.05) is 38.1 Å². The molecule has 1 aliphatic heterocycles. The van der Waals surface area contributed by atoms with Crippen molar-refractivity contribution in [2.24, 2.45) is 5.92 Å². The van der Waals surface area contributed by atoms with E-state index in [4.69, 9.17) is 0 Å². The second-order valence-corrected chi connectivity index (χ2v) is 6.56. The average molecular weight is 313 g/mol. The van der Waals surface area contributed by atoms with Crippen LogP contribution in [0, 0.1) is 12.8 Å². The van der Waals surface area contributed by atoms with Gasteiger partial charge < -0.3 is 5.32 Å². The Bertz CT molecular complexity index is 556. The second kappa shape index (κ2) is 8.88. The molecule has 0 fully saturated rings. The van der Waals surface area contributed by atoms with Crippen LogP contribution in [0.5, 0.6) is 0 Å². The van der Waals surface area contributed by atoms with E-state index in [-0.39, 0.29) is 0 Å². The molecule has 126 valence electrons. The fourth-order valence-corrected chi connectivity index (χ4v) is 3.05. The Hall–Kier alpha value is -1.61. The highest BCUT2D eigenvalue weighted by atomic mass is 15.2. The average Bonchev–Trinajstić information content (AvgIpc) is 2.56. The highest BCUT2D eigenvalue weighted by Crippen LogP contribution is 2.17. The summed E-state index contributed by atoms with van der Waals surface area (Å²) < 4.78 is 0. The third kappa shape index (κ3) is 5.21. The topological polar surface area (TPSA) is 28.2 Å². The first-order valence-electron chi connectivity index (χ1n) is 8.87. The van der Waals surface area contributed by atoms with Crippen LogP contribution in [-0.2, 0) is 6.54 Å². The van der Waals surface area contributed by atoms with Gasteiger partial charge in [-0.1, -0.05) is 44.9 Å². The lowest BCUT2D eigenvalue weighted by Gasteiger charge is -2.29. The summed E-state index contributed by atoms with van der Waals surface area (Å²) in [5.41, 5.74) is 5.18. The highest BCUT2D eigenvalue weighted by Gasteiger charge is 2.16. The number of dihydropyridines is 1. The third-order valence-electron chi connectivity index (χ3n) is 4.82. The summed E-state index contributed by atoms with van der Waals surface area (Å²) in [6.45, 7) is 12.9.